The van der Waals surface area contributed by atoms with Crippen LogP contribution < -0.4 is 5.73 Å². The van der Waals surface area contributed by atoms with Crippen molar-refractivity contribution in [2.45, 2.75) is 71.3 Å². The van der Waals surface area contributed by atoms with Crippen molar-refractivity contribution in [2.75, 3.05) is 13.7 Å². The second-order valence-corrected chi connectivity index (χ2v) is 5.18. The first-order valence-electron chi connectivity index (χ1n) is 6.86. The molecule has 0 aromatic carbocycles. The highest BCUT2D eigenvalue weighted by molar-refractivity contribution is 4.81. The van der Waals surface area contributed by atoms with Crippen molar-refractivity contribution in [2.24, 2.45) is 11.7 Å². The standard InChI is InChI=1S/C14H31NO/c1-5-6-7-8-9-10-11-13(2)14(3,12-15)16-4/h13H,5-12,15H2,1-4H3. The highest BCUT2D eigenvalue weighted by atomic mass is 16.5. The van der Waals surface area contributed by atoms with E-state index in [2.05, 4.69) is 20.8 Å². The Hall–Kier alpha value is -0.0800. The molecule has 0 saturated carbocycles. The van der Waals surface area contributed by atoms with Crippen molar-refractivity contribution in [3.8, 4) is 0 Å². The van der Waals surface area contributed by atoms with Crippen molar-refractivity contribution in [3.63, 3.8) is 0 Å². The molecular weight excluding hydrogens is 198 g/mol. The Labute approximate surface area is 102 Å². The summed E-state index contributed by atoms with van der Waals surface area (Å²) in [6.07, 6.45) is 9.38. The Kier molecular flexibility index (Phi) is 8.96. The molecular formula is C14H31NO. The van der Waals surface area contributed by atoms with Crippen LogP contribution in [0.4, 0.5) is 0 Å². The van der Waals surface area contributed by atoms with E-state index < -0.39 is 0 Å². The molecule has 0 bridgehead atoms. The lowest BCUT2D eigenvalue weighted by Crippen LogP contribution is -2.42. The lowest BCUT2D eigenvalue weighted by atomic mass is 9.86. The number of rotatable bonds is 10. The molecule has 0 rings (SSSR count). The zero-order valence-corrected chi connectivity index (χ0v) is 11.7. The molecule has 98 valence electrons. The van der Waals surface area contributed by atoms with Crippen molar-refractivity contribution < 1.29 is 4.74 Å². The van der Waals surface area contributed by atoms with Gasteiger partial charge in [0.05, 0.1) is 5.60 Å². The Morgan fingerprint density at radius 1 is 1.12 bits per heavy atom. The van der Waals surface area contributed by atoms with Crippen molar-refractivity contribution >= 4 is 0 Å². The topological polar surface area (TPSA) is 35.2 Å². The van der Waals surface area contributed by atoms with Gasteiger partial charge in [-0.3, -0.25) is 0 Å². The highest BCUT2D eigenvalue weighted by Crippen LogP contribution is 2.25. The van der Waals surface area contributed by atoms with E-state index in [0.717, 1.165) is 0 Å². The Bertz CT molecular complexity index is 155. The van der Waals surface area contributed by atoms with Crippen LogP contribution in [0, 0.1) is 5.92 Å². The van der Waals surface area contributed by atoms with Crippen molar-refractivity contribution in [1.29, 1.82) is 0 Å². The molecule has 2 N–H and O–H groups in total. The van der Waals surface area contributed by atoms with Crippen LogP contribution in [0.5, 0.6) is 0 Å². The van der Waals surface area contributed by atoms with Gasteiger partial charge in [-0.1, -0.05) is 52.4 Å². The van der Waals surface area contributed by atoms with E-state index in [-0.39, 0.29) is 5.60 Å². The molecule has 2 atom stereocenters. The zero-order chi connectivity index (χ0) is 12.4. The maximum absolute atomic E-state index is 5.76. The summed E-state index contributed by atoms with van der Waals surface area (Å²) < 4.78 is 5.52. The Morgan fingerprint density at radius 3 is 2.19 bits per heavy atom. The molecule has 0 aliphatic carbocycles. The summed E-state index contributed by atoms with van der Waals surface area (Å²) in [7, 11) is 1.77. The maximum atomic E-state index is 5.76. The summed E-state index contributed by atoms with van der Waals surface area (Å²) in [5.74, 6) is 0.550. The van der Waals surface area contributed by atoms with Crippen LogP contribution in [-0.2, 0) is 4.74 Å². The molecule has 0 aromatic heterocycles. The van der Waals surface area contributed by atoms with Crippen molar-refractivity contribution in [3.05, 3.63) is 0 Å². The first kappa shape index (κ1) is 15.9. The second-order valence-electron chi connectivity index (χ2n) is 5.18. The lowest BCUT2D eigenvalue weighted by molar-refractivity contribution is -0.0331. The normalized spacial score (nSPS) is 17.1. The first-order chi connectivity index (χ1) is 7.60. The largest absolute Gasteiger partial charge is 0.377 e. The van der Waals surface area contributed by atoms with E-state index in [1.807, 2.05) is 0 Å². The van der Waals surface area contributed by atoms with Crippen LogP contribution >= 0.6 is 0 Å². The number of hydrogen-bond acceptors (Lipinski definition) is 2. The molecule has 2 heteroatoms. The molecule has 0 spiro atoms. The second kappa shape index (κ2) is 9.00. The zero-order valence-electron chi connectivity index (χ0n) is 11.7. The molecule has 0 amide bonds. The fourth-order valence-corrected chi connectivity index (χ4v) is 2.02. The number of hydrogen-bond donors (Lipinski definition) is 1. The van der Waals surface area contributed by atoms with Gasteiger partial charge < -0.3 is 10.5 Å². The predicted molar refractivity (Wildman–Crippen MR) is 71.6 cm³/mol. The molecule has 0 aliphatic heterocycles. The first-order valence-corrected chi connectivity index (χ1v) is 6.86. The number of unbranched alkanes of at least 4 members (excludes halogenated alkanes) is 5. The number of ether oxygens (including phenoxy) is 1. The molecule has 0 radical (unpaired) electrons. The SMILES string of the molecule is CCCCCCCCC(C)C(C)(CN)OC. The molecule has 2 unspecified atom stereocenters. The smallest absolute Gasteiger partial charge is 0.0797 e. The van der Waals surface area contributed by atoms with Gasteiger partial charge in [0.15, 0.2) is 0 Å². The summed E-state index contributed by atoms with van der Waals surface area (Å²) in [6, 6.07) is 0. The molecule has 16 heavy (non-hydrogen) atoms. The van der Waals surface area contributed by atoms with E-state index in [1.165, 1.54) is 44.9 Å². The molecule has 2 nitrogen and oxygen atoms in total. The lowest BCUT2D eigenvalue weighted by Gasteiger charge is -2.33. The van der Waals surface area contributed by atoms with Crippen LogP contribution in [-0.4, -0.2) is 19.3 Å². The third-order valence-corrected chi connectivity index (χ3v) is 3.90. The van der Waals surface area contributed by atoms with E-state index in [1.54, 1.807) is 7.11 Å². The van der Waals surface area contributed by atoms with Crippen LogP contribution in [0.15, 0.2) is 0 Å². The van der Waals surface area contributed by atoms with E-state index >= 15 is 0 Å². The van der Waals surface area contributed by atoms with Gasteiger partial charge in [0.2, 0.25) is 0 Å². The van der Waals surface area contributed by atoms with Gasteiger partial charge in [0.25, 0.3) is 0 Å². The van der Waals surface area contributed by atoms with Gasteiger partial charge >= 0.3 is 0 Å². The van der Waals surface area contributed by atoms with E-state index in [0.29, 0.717) is 12.5 Å². The molecule has 0 aliphatic rings. The van der Waals surface area contributed by atoms with Gasteiger partial charge in [-0.25, -0.2) is 0 Å². The summed E-state index contributed by atoms with van der Waals surface area (Å²) in [5, 5.41) is 0. The van der Waals surface area contributed by atoms with Gasteiger partial charge in [-0.2, -0.15) is 0 Å². The Morgan fingerprint density at radius 2 is 1.69 bits per heavy atom. The minimum absolute atomic E-state index is 0.135. The minimum Gasteiger partial charge on any atom is -0.377 e. The van der Waals surface area contributed by atoms with Crippen LogP contribution in [0.25, 0.3) is 0 Å². The third kappa shape index (κ3) is 5.86. The van der Waals surface area contributed by atoms with Gasteiger partial charge in [0, 0.05) is 13.7 Å². The Balaban J connectivity index is 3.60. The van der Waals surface area contributed by atoms with Crippen LogP contribution in [0.1, 0.15) is 65.7 Å². The number of nitrogens with two attached hydrogens (primary N) is 1. The van der Waals surface area contributed by atoms with Gasteiger partial charge in [-0.15, -0.1) is 0 Å². The summed E-state index contributed by atoms with van der Waals surface area (Å²) in [5.41, 5.74) is 5.63. The van der Waals surface area contributed by atoms with E-state index in [9.17, 15) is 0 Å². The summed E-state index contributed by atoms with van der Waals surface area (Å²) in [6.45, 7) is 7.24. The summed E-state index contributed by atoms with van der Waals surface area (Å²) in [4.78, 5) is 0. The highest BCUT2D eigenvalue weighted by Gasteiger charge is 2.28. The monoisotopic (exact) mass is 229 g/mol. The van der Waals surface area contributed by atoms with Crippen molar-refractivity contribution in [1.82, 2.24) is 0 Å². The van der Waals surface area contributed by atoms with Gasteiger partial charge in [0.1, 0.15) is 0 Å². The van der Waals surface area contributed by atoms with Gasteiger partial charge in [-0.05, 0) is 19.3 Å². The predicted octanol–water partition coefficient (Wildman–Crippen LogP) is 3.74. The summed E-state index contributed by atoms with van der Waals surface area (Å²) >= 11 is 0. The fourth-order valence-electron chi connectivity index (χ4n) is 2.02. The maximum Gasteiger partial charge on any atom is 0.0797 e. The third-order valence-electron chi connectivity index (χ3n) is 3.90. The average molecular weight is 229 g/mol. The quantitative estimate of drug-likeness (QED) is 0.579. The average Bonchev–Trinajstić information content (AvgIpc) is 2.32. The molecule has 0 aromatic rings. The van der Waals surface area contributed by atoms with E-state index in [4.69, 9.17) is 10.5 Å². The molecule has 0 fully saturated rings. The molecule has 0 saturated heterocycles. The minimum atomic E-state index is -0.135. The van der Waals surface area contributed by atoms with Crippen LogP contribution in [0.2, 0.25) is 0 Å². The molecule has 0 heterocycles. The van der Waals surface area contributed by atoms with Crippen LogP contribution in [0.3, 0.4) is 0 Å². The fraction of sp³-hybridized carbons (Fsp3) is 1.00. The number of methoxy groups -OCH3 is 1.